The van der Waals surface area contributed by atoms with Crippen molar-refractivity contribution in [1.29, 1.82) is 0 Å². The minimum atomic E-state index is 0.904. The molecule has 21 heavy (non-hydrogen) atoms. The third kappa shape index (κ3) is 5.90. The number of aryl methyl sites for hydroxylation is 1. The summed E-state index contributed by atoms with van der Waals surface area (Å²) in [6.45, 7) is 1.04. The quantitative estimate of drug-likeness (QED) is 0.660. The first-order valence-corrected chi connectivity index (χ1v) is 7.80. The lowest BCUT2D eigenvalue weighted by Gasteiger charge is -2.07. The highest BCUT2D eigenvalue weighted by atomic mass is 16.5. The Kier molecular flexibility index (Phi) is 6.66. The first-order valence-electron chi connectivity index (χ1n) is 7.80. The highest BCUT2D eigenvalue weighted by Gasteiger charge is 1.95. The molecule has 0 fully saturated rings. The number of hydrogen-bond acceptors (Lipinski definition) is 2. The van der Waals surface area contributed by atoms with Gasteiger partial charge in [-0.15, -0.1) is 0 Å². The third-order valence-corrected chi connectivity index (χ3v) is 3.65. The highest BCUT2D eigenvalue weighted by Crippen LogP contribution is 2.15. The van der Waals surface area contributed by atoms with Crippen molar-refractivity contribution < 1.29 is 4.74 Å². The van der Waals surface area contributed by atoms with Gasteiger partial charge in [0.2, 0.25) is 0 Å². The van der Waals surface area contributed by atoms with Gasteiger partial charge in [0.15, 0.2) is 0 Å². The average Bonchev–Trinajstić information content (AvgIpc) is 2.55. The summed E-state index contributed by atoms with van der Waals surface area (Å²) in [5.74, 6) is 0.904. The summed E-state index contributed by atoms with van der Waals surface area (Å²) in [4.78, 5) is 0. The van der Waals surface area contributed by atoms with Crippen LogP contribution < -0.4 is 10.1 Å². The van der Waals surface area contributed by atoms with Gasteiger partial charge in [0.1, 0.15) is 5.75 Å². The van der Waals surface area contributed by atoms with E-state index < -0.39 is 0 Å². The van der Waals surface area contributed by atoms with E-state index in [1.807, 2.05) is 12.1 Å². The lowest BCUT2D eigenvalue weighted by molar-refractivity contribution is 0.415. The molecule has 0 bridgehead atoms. The summed E-state index contributed by atoms with van der Waals surface area (Å²) in [6.07, 6.45) is 6.30. The molecule has 0 atom stereocenters. The molecule has 1 N–H and O–H groups in total. The van der Waals surface area contributed by atoms with Crippen LogP contribution in [-0.4, -0.2) is 13.7 Å². The van der Waals surface area contributed by atoms with E-state index in [0.717, 1.165) is 12.3 Å². The van der Waals surface area contributed by atoms with Crippen LogP contribution in [0, 0.1) is 0 Å². The van der Waals surface area contributed by atoms with Crippen LogP contribution in [0.3, 0.4) is 0 Å². The van der Waals surface area contributed by atoms with E-state index in [2.05, 4.69) is 47.8 Å². The van der Waals surface area contributed by atoms with Gasteiger partial charge in [-0.25, -0.2) is 0 Å². The van der Waals surface area contributed by atoms with Gasteiger partial charge < -0.3 is 10.1 Å². The van der Waals surface area contributed by atoms with Gasteiger partial charge in [-0.1, -0.05) is 43.2 Å². The first kappa shape index (κ1) is 15.4. The Bertz CT molecular complexity index is 493. The lowest BCUT2D eigenvalue weighted by atomic mass is 10.1. The topological polar surface area (TPSA) is 21.3 Å². The maximum atomic E-state index is 5.15. The molecule has 2 aromatic carbocycles. The summed E-state index contributed by atoms with van der Waals surface area (Å²) >= 11 is 0. The summed E-state index contributed by atoms with van der Waals surface area (Å²) in [5.41, 5.74) is 2.62. The molecule has 0 saturated carbocycles. The number of ether oxygens (including phenoxy) is 1. The Morgan fingerprint density at radius 3 is 2.24 bits per heavy atom. The zero-order valence-corrected chi connectivity index (χ0v) is 12.8. The van der Waals surface area contributed by atoms with Crippen molar-refractivity contribution in [2.75, 3.05) is 19.0 Å². The molecule has 2 rings (SSSR count). The van der Waals surface area contributed by atoms with Gasteiger partial charge in [0, 0.05) is 12.2 Å². The lowest BCUT2D eigenvalue weighted by Crippen LogP contribution is -2.01. The van der Waals surface area contributed by atoms with Gasteiger partial charge in [0.25, 0.3) is 0 Å². The number of anilines is 1. The minimum Gasteiger partial charge on any atom is -0.497 e. The molecule has 0 saturated heterocycles. The van der Waals surface area contributed by atoms with Crippen LogP contribution in [0.2, 0.25) is 0 Å². The van der Waals surface area contributed by atoms with Gasteiger partial charge >= 0.3 is 0 Å². The Hall–Kier alpha value is -1.96. The third-order valence-electron chi connectivity index (χ3n) is 3.65. The molecule has 112 valence electrons. The van der Waals surface area contributed by atoms with Crippen LogP contribution in [0.5, 0.6) is 5.75 Å². The number of unbranched alkanes of at least 4 members (excludes halogenated alkanes) is 3. The molecule has 2 aromatic rings. The van der Waals surface area contributed by atoms with E-state index in [4.69, 9.17) is 4.74 Å². The monoisotopic (exact) mass is 283 g/mol. The molecule has 0 unspecified atom stereocenters. The van der Waals surface area contributed by atoms with Crippen molar-refractivity contribution in [3.05, 3.63) is 60.2 Å². The predicted octanol–water partition coefficient (Wildman–Crippen LogP) is 4.91. The maximum absolute atomic E-state index is 5.15. The van der Waals surface area contributed by atoms with Gasteiger partial charge in [-0.3, -0.25) is 0 Å². The van der Waals surface area contributed by atoms with Crippen LogP contribution in [0.4, 0.5) is 5.69 Å². The Labute approximate surface area is 128 Å². The van der Waals surface area contributed by atoms with Crippen molar-refractivity contribution in [3.8, 4) is 5.75 Å². The van der Waals surface area contributed by atoms with Crippen LogP contribution in [0.25, 0.3) is 0 Å². The summed E-state index contributed by atoms with van der Waals surface area (Å²) in [6, 6.07) is 18.8. The summed E-state index contributed by atoms with van der Waals surface area (Å²) in [5, 5.41) is 3.45. The molecule has 0 spiro atoms. The fraction of sp³-hybridized carbons (Fsp3) is 0.368. The Balaban J connectivity index is 1.51. The zero-order valence-electron chi connectivity index (χ0n) is 12.8. The van der Waals surface area contributed by atoms with Crippen molar-refractivity contribution >= 4 is 5.69 Å². The fourth-order valence-corrected chi connectivity index (χ4v) is 2.39. The summed E-state index contributed by atoms with van der Waals surface area (Å²) < 4.78 is 5.15. The van der Waals surface area contributed by atoms with E-state index in [1.165, 1.54) is 43.4 Å². The summed E-state index contributed by atoms with van der Waals surface area (Å²) in [7, 11) is 1.69. The van der Waals surface area contributed by atoms with Crippen molar-refractivity contribution in [2.24, 2.45) is 0 Å². The molecule has 2 nitrogen and oxygen atoms in total. The molecule has 0 aliphatic carbocycles. The first-order chi connectivity index (χ1) is 10.4. The van der Waals surface area contributed by atoms with Crippen molar-refractivity contribution in [1.82, 2.24) is 0 Å². The van der Waals surface area contributed by atoms with Crippen LogP contribution >= 0.6 is 0 Å². The van der Waals surface area contributed by atoms with Crippen LogP contribution in [0.1, 0.15) is 31.2 Å². The fourth-order valence-electron chi connectivity index (χ4n) is 2.39. The molecule has 0 amide bonds. The second-order valence-corrected chi connectivity index (χ2v) is 5.31. The molecule has 0 aliphatic heterocycles. The zero-order chi connectivity index (χ0) is 14.8. The van der Waals surface area contributed by atoms with E-state index in [9.17, 15) is 0 Å². The number of nitrogens with one attached hydrogen (secondary N) is 1. The second-order valence-electron chi connectivity index (χ2n) is 5.31. The number of benzene rings is 2. The SMILES string of the molecule is COc1ccc(NCCCCCCc2ccccc2)cc1. The molecule has 0 radical (unpaired) electrons. The molecule has 0 aromatic heterocycles. The Morgan fingerprint density at radius 2 is 1.52 bits per heavy atom. The van der Waals surface area contributed by atoms with Crippen LogP contribution in [0.15, 0.2) is 54.6 Å². The number of hydrogen-bond donors (Lipinski definition) is 1. The molecule has 2 heteroatoms. The van der Waals surface area contributed by atoms with Crippen molar-refractivity contribution in [3.63, 3.8) is 0 Å². The molecular formula is C19H25NO. The van der Waals surface area contributed by atoms with E-state index in [0.29, 0.717) is 0 Å². The van der Waals surface area contributed by atoms with E-state index in [-0.39, 0.29) is 0 Å². The Morgan fingerprint density at radius 1 is 0.810 bits per heavy atom. The second kappa shape index (κ2) is 9.06. The highest BCUT2D eigenvalue weighted by molar-refractivity contribution is 5.46. The molecule has 0 heterocycles. The number of methoxy groups -OCH3 is 1. The van der Waals surface area contributed by atoms with Gasteiger partial charge in [-0.05, 0) is 49.1 Å². The largest absolute Gasteiger partial charge is 0.497 e. The van der Waals surface area contributed by atoms with Gasteiger partial charge in [-0.2, -0.15) is 0 Å². The minimum absolute atomic E-state index is 0.904. The predicted molar refractivity (Wildman–Crippen MR) is 90.1 cm³/mol. The smallest absolute Gasteiger partial charge is 0.119 e. The maximum Gasteiger partial charge on any atom is 0.119 e. The van der Waals surface area contributed by atoms with Gasteiger partial charge in [0.05, 0.1) is 7.11 Å². The molecular weight excluding hydrogens is 258 g/mol. The van der Waals surface area contributed by atoms with Crippen LogP contribution in [-0.2, 0) is 6.42 Å². The number of rotatable bonds is 9. The van der Waals surface area contributed by atoms with E-state index >= 15 is 0 Å². The average molecular weight is 283 g/mol. The van der Waals surface area contributed by atoms with E-state index in [1.54, 1.807) is 7.11 Å². The standard InChI is InChI=1S/C19H25NO/c1-21-19-14-12-18(13-15-19)20-16-8-3-2-5-9-17-10-6-4-7-11-17/h4,6-7,10-15,20H,2-3,5,8-9,16H2,1H3. The molecule has 0 aliphatic rings. The van der Waals surface area contributed by atoms with Crippen molar-refractivity contribution in [2.45, 2.75) is 32.1 Å². The normalized spacial score (nSPS) is 10.3.